The van der Waals surface area contributed by atoms with Gasteiger partial charge in [0, 0.05) is 12.0 Å². The van der Waals surface area contributed by atoms with E-state index >= 15 is 0 Å². The molecule has 2 rings (SSSR count). The van der Waals surface area contributed by atoms with E-state index in [0.717, 1.165) is 6.42 Å². The topological polar surface area (TPSA) is 40.5 Å². The lowest BCUT2D eigenvalue weighted by Gasteiger charge is -2.19. The van der Waals surface area contributed by atoms with Crippen LogP contribution in [0.5, 0.6) is 0 Å². The lowest BCUT2D eigenvalue weighted by atomic mass is 10.0. The summed E-state index contributed by atoms with van der Waals surface area (Å²) < 4.78 is 0. The van der Waals surface area contributed by atoms with Crippen LogP contribution in [0.15, 0.2) is 60.7 Å². The van der Waals surface area contributed by atoms with E-state index in [9.17, 15) is 10.2 Å². The minimum atomic E-state index is -1.67. The van der Waals surface area contributed by atoms with Gasteiger partial charge in [-0.25, -0.2) is 0 Å². The average molecular weight is 333 g/mol. The van der Waals surface area contributed by atoms with Crippen LogP contribution in [0, 0.1) is 0 Å². The fourth-order valence-electron chi connectivity index (χ4n) is 1.62. The van der Waals surface area contributed by atoms with Gasteiger partial charge in [-0.15, -0.1) is 0 Å². The number of hydrogen-bond acceptors (Lipinski definition) is 2. The Kier molecular flexibility index (Phi) is 16.6. The van der Waals surface area contributed by atoms with E-state index in [0.29, 0.717) is 12.0 Å². The number of aryl methyl sites for hydroxylation is 1. The zero-order valence-electron chi connectivity index (χ0n) is 16.3. The highest BCUT2D eigenvalue weighted by atomic mass is 16.5. The highest BCUT2D eigenvalue weighted by Crippen LogP contribution is 2.20. The molecule has 0 radical (unpaired) electrons. The molecule has 2 heteroatoms. The van der Waals surface area contributed by atoms with Crippen LogP contribution in [-0.4, -0.2) is 10.2 Å². The van der Waals surface area contributed by atoms with Gasteiger partial charge in [0.25, 0.3) is 0 Å². The first-order valence-corrected chi connectivity index (χ1v) is 9.05. The van der Waals surface area contributed by atoms with Crippen molar-refractivity contribution < 1.29 is 10.2 Å². The first-order chi connectivity index (χ1) is 11.5. The molecule has 0 heterocycles. The number of hydrogen-bond donors (Lipinski definition) is 2. The van der Waals surface area contributed by atoms with Crippen LogP contribution in [0.4, 0.5) is 0 Å². The van der Waals surface area contributed by atoms with Gasteiger partial charge in [0.05, 0.1) is 0 Å². The third kappa shape index (κ3) is 11.9. The molecule has 24 heavy (non-hydrogen) atoms. The zero-order chi connectivity index (χ0) is 18.8. The molecule has 136 valence electrons. The van der Waals surface area contributed by atoms with Crippen LogP contribution < -0.4 is 0 Å². The molecule has 0 fully saturated rings. The van der Waals surface area contributed by atoms with Crippen LogP contribution in [0.25, 0.3) is 0 Å². The second kappa shape index (κ2) is 16.2. The van der Waals surface area contributed by atoms with Gasteiger partial charge in [0.2, 0.25) is 0 Å². The van der Waals surface area contributed by atoms with Crippen molar-refractivity contribution >= 4 is 0 Å². The van der Waals surface area contributed by atoms with E-state index in [4.69, 9.17) is 0 Å². The first-order valence-electron chi connectivity index (χ1n) is 9.05. The van der Waals surface area contributed by atoms with Crippen molar-refractivity contribution in [3.05, 3.63) is 71.8 Å². The number of rotatable bonds is 3. The molecule has 0 saturated carbocycles. The minimum absolute atomic E-state index is 0.303. The largest absolute Gasteiger partial charge is 0.362 e. The Balaban J connectivity index is 0. The lowest BCUT2D eigenvalue weighted by Crippen LogP contribution is -2.23. The van der Waals surface area contributed by atoms with Gasteiger partial charge in [-0.05, 0) is 12.0 Å². The Morgan fingerprint density at radius 2 is 1.08 bits per heavy atom. The van der Waals surface area contributed by atoms with Crippen molar-refractivity contribution in [1.82, 2.24) is 0 Å². The third-order valence-corrected chi connectivity index (χ3v) is 2.98. The third-order valence-electron chi connectivity index (χ3n) is 2.98. The smallest absolute Gasteiger partial charge is 0.189 e. The molecular formula is C22H36O2. The summed E-state index contributed by atoms with van der Waals surface area (Å²) in [7, 11) is 0. The Bertz CT molecular complexity index is 464. The number of benzene rings is 2. The van der Waals surface area contributed by atoms with Gasteiger partial charge in [0.15, 0.2) is 5.79 Å². The van der Waals surface area contributed by atoms with Gasteiger partial charge < -0.3 is 10.2 Å². The first kappa shape index (κ1) is 24.6. The van der Waals surface area contributed by atoms with Crippen molar-refractivity contribution in [3.8, 4) is 0 Å². The molecule has 0 aliphatic rings. The van der Waals surface area contributed by atoms with Crippen LogP contribution in [0.3, 0.4) is 0 Å². The van der Waals surface area contributed by atoms with Crippen LogP contribution in [0.1, 0.15) is 65.5 Å². The van der Waals surface area contributed by atoms with Crippen LogP contribution in [-0.2, 0) is 12.2 Å². The summed E-state index contributed by atoms with van der Waals surface area (Å²) in [6.07, 6.45) is 2.69. The molecule has 0 spiro atoms. The van der Waals surface area contributed by atoms with Gasteiger partial charge in [-0.2, -0.15) is 0 Å². The molecular weight excluding hydrogens is 296 g/mol. The maximum Gasteiger partial charge on any atom is 0.189 e. The Morgan fingerprint density at radius 3 is 1.38 bits per heavy atom. The van der Waals surface area contributed by atoms with E-state index in [1.165, 1.54) is 12.0 Å². The van der Waals surface area contributed by atoms with Gasteiger partial charge in [0.1, 0.15) is 0 Å². The molecule has 0 aliphatic carbocycles. The molecule has 0 aliphatic heterocycles. The summed E-state index contributed by atoms with van der Waals surface area (Å²) in [6.45, 7) is 12.1. The summed E-state index contributed by atoms with van der Waals surface area (Å²) in [5, 5.41) is 18.7. The van der Waals surface area contributed by atoms with E-state index in [1.54, 1.807) is 31.2 Å². The average Bonchev–Trinajstić information content (AvgIpc) is 2.66. The maximum atomic E-state index is 9.35. The van der Waals surface area contributed by atoms with Crippen molar-refractivity contribution in [2.24, 2.45) is 0 Å². The molecule has 2 aromatic carbocycles. The highest BCUT2D eigenvalue weighted by molar-refractivity contribution is 5.19. The monoisotopic (exact) mass is 332 g/mol. The molecule has 2 N–H and O–H groups in total. The maximum absolute atomic E-state index is 9.35. The lowest BCUT2D eigenvalue weighted by molar-refractivity contribution is -0.171. The predicted molar refractivity (Wildman–Crippen MR) is 106 cm³/mol. The predicted octanol–water partition coefficient (Wildman–Crippen LogP) is 5.93. The fraction of sp³-hybridized carbons (Fsp3) is 0.455. The Labute approximate surface area is 149 Å². The SMILES string of the molecule is CC.CCC.CCC(O)(O)c1ccccc1.CCc1ccccc1. The van der Waals surface area contributed by atoms with E-state index in [2.05, 4.69) is 45.0 Å². The van der Waals surface area contributed by atoms with Crippen molar-refractivity contribution in [2.75, 3.05) is 0 Å². The van der Waals surface area contributed by atoms with E-state index in [-0.39, 0.29) is 0 Å². The number of aliphatic hydroxyl groups is 2. The standard InChI is InChI=1S/C9H12O2.C8H10.C3H8.C2H6/c1-2-9(10,11)8-6-4-3-5-7-8;1-2-8-6-4-3-5-7-8;1-3-2;1-2/h3-7,10-11H,2H2,1H3;3-7H,2H2,1H3;3H2,1-2H3;1-2H3. The van der Waals surface area contributed by atoms with Crippen molar-refractivity contribution in [3.63, 3.8) is 0 Å². The Hall–Kier alpha value is -1.64. The van der Waals surface area contributed by atoms with Crippen LogP contribution in [0.2, 0.25) is 0 Å². The Morgan fingerprint density at radius 1 is 0.708 bits per heavy atom. The molecule has 2 aromatic rings. The molecule has 0 aromatic heterocycles. The fourth-order valence-corrected chi connectivity index (χ4v) is 1.62. The zero-order valence-corrected chi connectivity index (χ0v) is 16.3. The van der Waals surface area contributed by atoms with E-state index < -0.39 is 5.79 Å². The summed E-state index contributed by atoms with van der Waals surface area (Å²) in [6, 6.07) is 19.3. The van der Waals surface area contributed by atoms with Gasteiger partial charge >= 0.3 is 0 Å². The van der Waals surface area contributed by atoms with Crippen LogP contribution >= 0.6 is 0 Å². The van der Waals surface area contributed by atoms with Gasteiger partial charge in [-0.1, -0.05) is 109 Å². The highest BCUT2D eigenvalue weighted by Gasteiger charge is 2.21. The molecule has 2 nitrogen and oxygen atoms in total. The summed E-state index contributed by atoms with van der Waals surface area (Å²) >= 11 is 0. The van der Waals surface area contributed by atoms with Crippen molar-refractivity contribution in [1.29, 1.82) is 0 Å². The molecule has 0 unspecified atom stereocenters. The molecule has 0 saturated heterocycles. The molecule has 0 amide bonds. The quantitative estimate of drug-likeness (QED) is 0.684. The normalized spacial score (nSPS) is 9.33. The van der Waals surface area contributed by atoms with E-state index in [1.807, 2.05) is 26.0 Å². The molecule has 0 atom stereocenters. The van der Waals surface area contributed by atoms with Gasteiger partial charge in [-0.3, -0.25) is 0 Å². The minimum Gasteiger partial charge on any atom is -0.362 e. The summed E-state index contributed by atoms with van der Waals surface area (Å²) in [4.78, 5) is 0. The summed E-state index contributed by atoms with van der Waals surface area (Å²) in [5.74, 6) is -1.67. The second-order valence-electron chi connectivity index (χ2n) is 5.08. The summed E-state index contributed by atoms with van der Waals surface area (Å²) in [5.41, 5.74) is 1.95. The second-order valence-corrected chi connectivity index (χ2v) is 5.08. The van der Waals surface area contributed by atoms with Crippen molar-refractivity contribution in [2.45, 2.75) is 66.6 Å². The molecule has 0 bridgehead atoms.